The third kappa shape index (κ3) is 4.13. The van der Waals surface area contributed by atoms with Gasteiger partial charge in [-0.15, -0.1) is 0 Å². The van der Waals surface area contributed by atoms with Crippen LogP contribution in [0.1, 0.15) is 29.3 Å². The zero-order chi connectivity index (χ0) is 17.6. The van der Waals surface area contributed by atoms with Crippen LogP contribution < -0.4 is 9.64 Å². The highest BCUT2D eigenvalue weighted by Gasteiger charge is 2.23. The number of carbonyl (C=O) groups excluding carboxylic acids is 1. The minimum absolute atomic E-state index is 0.0892. The van der Waals surface area contributed by atoms with Crippen LogP contribution in [0, 0.1) is 6.92 Å². The normalized spacial score (nSPS) is 14.5. The minimum atomic E-state index is 0.0892. The summed E-state index contributed by atoms with van der Waals surface area (Å²) in [7, 11) is 0. The van der Waals surface area contributed by atoms with Crippen molar-refractivity contribution in [3.63, 3.8) is 0 Å². The molecule has 1 aliphatic heterocycles. The smallest absolute Gasteiger partial charge is 0.254 e. The van der Waals surface area contributed by atoms with E-state index in [1.54, 1.807) is 0 Å². The van der Waals surface area contributed by atoms with Gasteiger partial charge in [0.2, 0.25) is 0 Å². The molecule has 4 nitrogen and oxygen atoms in total. The van der Waals surface area contributed by atoms with E-state index in [2.05, 4.69) is 43.0 Å². The number of rotatable bonds is 5. The Kier molecular flexibility index (Phi) is 5.59. The molecule has 0 unspecified atom stereocenters. The second-order valence-electron chi connectivity index (χ2n) is 6.44. The molecule has 1 amide bonds. The Balaban J connectivity index is 1.63. The minimum Gasteiger partial charge on any atom is -0.494 e. The lowest BCUT2D eigenvalue weighted by Gasteiger charge is -2.36. The molecule has 1 fully saturated rings. The number of hydrogen-bond acceptors (Lipinski definition) is 3. The van der Waals surface area contributed by atoms with Gasteiger partial charge in [0.15, 0.2) is 0 Å². The molecule has 0 bridgehead atoms. The second kappa shape index (κ2) is 8.06. The van der Waals surface area contributed by atoms with Crippen LogP contribution in [0.15, 0.2) is 48.5 Å². The number of piperazine rings is 1. The molecule has 1 aliphatic rings. The number of anilines is 1. The molecule has 2 aromatic carbocycles. The molecule has 0 saturated carbocycles. The zero-order valence-corrected chi connectivity index (χ0v) is 15.1. The van der Waals surface area contributed by atoms with Crippen LogP contribution in [0.4, 0.5) is 5.69 Å². The summed E-state index contributed by atoms with van der Waals surface area (Å²) in [6.07, 6.45) is 0.957. The quantitative estimate of drug-likeness (QED) is 0.832. The number of ether oxygens (including phenoxy) is 1. The Morgan fingerprint density at radius 3 is 2.52 bits per heavy atom. The fourth-order valence-corrected chi connectivity index (χ4v) is 3.19. The van der Waals surface area contributed by atoms with Gasteiger partial charge in [-0.3, -0.25) is 4.79 Å². The van der Waals surface area contributed by atoms with Gasteiger partial charge in [-0.2, -0.15) is 0 Å². The van der Waals surface area contributed by atoms with E-state index in [0.29, 0.717) is 12.2 Å². The lowest BCUT2D eigenvalue weighted by atomic mass is 10.1. The summed E-state index contributed by atoms with van der Waals surface area (Å²) in [5.74, 6) is 0.859. The molecule has 0 spiro atoms. The monoisotopic (exact) mass is 338 g/mol. The topological polar surface area (TPSA) is 32.8 Å². The average molecular weight is 338 g/mol. The van der Waals surface area contributed by atoms with E-state index in [0.717, 1.165) is 38.3 Å². The average Bonchev–Trinajstić information content (AvgIpc) is 2.66. The Bertz CT molecular complexity index is 721. The van der Waals surface area contributed by atoms with Crippen molar-refractivity contribution in [2.75, 3.05) is 37.7 Å². The first-order valence-electron chi connectivity index (χ1n) is 9.01. The van der Waals surface area contributed by atoms with Gasteiger partial charge in [-0.1, -0.05) is 31.2 Å². The first-order chi connectivity index (χ1) is 12.2. The molecule has 0 aromatic heterocycles. The molecule has 1 heterocycles. The van der Waals surface area contributed by atoms with Crippen molar-refractivity contribution in [1.82, 2.24) is 4.90 Å². The Labute approximate surface area is 150 Å². The van der Waals surface area contributed by atoms with Gasteiger partial charge in [-0.05, 0) is 43.2 Å². The van der Waals surface area contributed by atoms with Crippen LogP contribution in [-0.2, 0) is 0 Å². The van der Waals surface area contributed by atoms with E-state index in [1.165, 1.54) is 11.3 Å². The second-order valence-corrected chi connectivity index (χ2v) is 6.44. The SMILES string of the molecule is CCCOc1cccc(C(=O)N2CCN(c3ccccc3C)CC2)c1. The van der Waals surface area contributed by atoms with Crippen LogP contribution in [0.2, 0.25) is 0 Å². The predicted molar refractivity (Wildman–Crippen MR) is 102 cm³/mol. The Morgan fingerprint density at radius 2 is 1.80 bits per heavy atom. The molecular formula is C21H26N2O2. The summed E-state index contributed by atoms with van der Waals surface area (Å²) in [6.45, 7) is 8.09. The van der Waals surface area contributed by atoms with Crippen LogP contribution in [0.5, 0.6) is 5.75 Å². The molecule has 3 rings (SSSR count). The highest BCUT2D eigenvalue weighted by molar-refractivity contribution is 5.94. The van der Waals surface area contributed by atoms with Crippen molar-refractivity contribution < 1.29 is 9.53 Å². The van der Waals surface area contributed by atoms with Crippen LogP contribution in [0.3, 0.4) is 0 Å². The van der Waals surface area contributed by atoms with Crippen molar-refractivity contribution >= 4 is 11.6 Å². The van der Waals surface area contributed by atoms with Gasteiger partial charge in [0.1, 0.15) is 5.75 Å². The lowest BCUT2D eigenvalue weighted by molar-refractivity contribution is 0.0746. The van der Waals surface area contributed by atoms with Gasteiger partial charge in [0.25, 0.3) is 5.91 Å². The van der Waals surface area contributed by atoms with Crippen molar-refractivity contribution in [2.24, 2.45) is 0 Å². The van der Waals surface area contributed by atoms with Gasteiger partial charge in [0.05, 0.1) is 6.61 Å². The van der Waals surface area contributed by atoms with E-state index in [-0.39, 0.29) is 5.91 Å². The van der Waals surface area contributed by atoms with Crippen LogP contribution >= 0.6 is 0 Å². The number of para-hydroxylation sites is 1. The number of carbonyl (C=O) groups is 1. The first kappa shape index (κ1) is 17.3. The predicted octanol–water partition coefficient (Wildman–Crippen LogP) is 3.75. The van der Waals surface area contributed by atoms with Crippen LogP contribution in [0.25, 0.3) is 0 Å². The van der Waals surface area contributed by atoms with Crippen molar-refractivity contribution in [3.8, 4) is 5.75 Å². The van der Waals surface area contributed by atoms with E-state index in [9.17, 15) is 4.79 Å². The standard InChI is InChI=1S/C21H26N2O2/c1-3-15-25-19-9-6-8-18(16-19)21(24)23-13-11-22(12-14-23)20-10-5-4-7-17(20)2/h4-10,16H,3,11-15H2,1-2H3. The van der Waals surface area contributed by atoms with Crippen molar-refractivity contribution in [2.45, 2.75) is 20.3 Å². The summed E-state index contributed by atoms with van der Waals surface area (Å²) in [4.78, 5) is 17.1. The van der Waals surface area contributed by atoms with Crippen molar-refractivity contribution in [3.05, 3.63) is 59.7 Å². The molecular weight excluding hydrogens is 312 g/mol. The largest absolute Gasteiger partial charge is 0.494 e. The number of amides is 1. The Hall–Kier alpha value is -2.49. The third-order valence-electron chi connectivity index (χ3n) is 4.58. The molecule has 4 heteroatoms. The maximum Gasteiger partial charge on any atom is 0.254 e. The fourth-order valence-electron chi connectivity index (χ4n) is 3.19. The van der Waals surface area contributed by atoms with Gasteiger partial charge in [-0.25, -0.2) is 0 Å². The van der Waals surface area contributed by atoms with Gasteiger partial charge in [0, 0.05) is 37.4 Å². The lowest BCUT2D eigenvalue weighted by Crippen LogP contribution is -2.49. The van der Waals surface area contributed by atoms with E-state index >= 15 is 0 Å². The highest BCUT2D eigenvalue weighted by atomic mass is 16.5. The number of benzene rings is 2. The van der Waals surface area contributed by atoms with Gasteiger partial charge >= 0.3 is 0 Å². The highest BCUT2D eigenvalue weighted by Crippen LogP contribution is 2.22. The third-order valence-corrected chi connectivity index (χ3v) is 4.58. The number of aryl methyl sites for hydroxylation is 1. The number of hydrogen-bond donors (Lipinski definition) is 0. The van der Waals surface area contributed by atoms with E-state index in [1.807, 2.05) is 29.2 Å². The molecule has 25 heavy (non-hydrogen) atoms. The summed E-state index contributed by atoms with van der Waals surface area (Å²) in [6, 6.07) is 15.9. The van der Waals surface area contributed by atoms with Gasteiger partial charge < -0.3 is 14.5 Å². The Morgan fingerprint density at radius 1 is 1.04 bits per heavy atom. The molecule has 0 atom stereocenters. The fraction of sp³-hybridized carbons (Fsp3) is 0.381. The van der Waals surface area contributed by atoms with E-state index in [4.69, 9.17) is 4.74 Å². The summed E-state index contributed by atoms with van der Waals surface area (Å²) < 4.78 is 5.64. The van der Waals surface area contributed by atoms with Crippen LogP contribution in [-0.4, -0.2) is 43.6 Å². The van der Waals surface area contributed by atoms with E-state index < -0.39 is 0 Å². The maximum absolute atomic E-state index is 12.8. The zero-order valence-electron chi connectivity index (χ0n) is 15.1. The summed E-state index contributed by atoms with van der Waals surface area (Å²) >= 11 is 0. The molecule has 2 aromatic rings. The molecule has 1 saturated heterocycles. The first-order valence-corrected chi connectivity index (χ1v) is 9.01. The summed E-state index contributed by atoms with van der Waals surface area (Å²) in [5.41, 5.74) is 3.26. The molecule has 0 N–H and O–H groups in total. The summed E-state index contributed by atoms with van der Waals surface area (Å²) in [5, 5.41) is 0. The molecule has 132 valence electrons. The molecule has 0 radical (unpaired) electrons. The van der Waals surface area contributed by atoms with Crippen molar-refractivity contribution in [1.29, 1.82) is 0 Å². The number of nitrogens with zero attached hydrogens (tertiary/aromatic N) is 2. The maximum atomic E-state index is 12.8. The molecule has 0 aliphatic carbocycles.